The van der Waals surface area contributed by atoms with Gasteiger partial charge in [0.05, 0.1) is 19.8 Å². The van der Waals surface area contributed by atoms with E-state index in [1.165, 1.54) is 0 Å². The molecule has 0 spiro atoms. The summed E-state index contributed by atoms with van der Waals surface area (Å²) in [5.41, 5.74) is 4.51. The van der Waals surface area contributed by atoms with Gasteiger partial charge in [-0.2, -0.15) is 0 Å². The summed E-state index contributed by atoms with van der Waals surface area (Å²) in [6.45, 7) is 4.15. The van der Waals surface area contributed by atoms with Gasteiger partial charge in [-0.15, -0.1) is 0 Å². The van der Waals surface area contributed by atoms with Crippen LogP contribution in [-0.4, -0.2) is 54.7 Å². The zero-order chi connectivity index (χ0) is 15.1. The predicted octanol–water partition coefficient (Wildman–Crippen LogP) is 0.278. The fourth-order valence-corrected chi connectivity index (χ4v) is 0.961. The van der Waals surface area contributed by atoms with E-state index in [4.69, 9.17) is 20.3 Å². The fourth-order valence-electron chi connectivity index (χ4n) is 0.961. The normalized spacial score (nSPS) is 14.6. The Morgan fingerprint density at radius 2 is 1.95 bits per heavy atom. The van der Waals surface area contributed by atoms with Gasteiger partial charge in [0.1, 0.15) is 17.8 Å². The minimum atomic E-state index is -1.46. The standard InChI is InChI=1S/C11H21FN2O5/c1-11(2,3)19-10(17)14-4-7(12)5-18-6-8(13)9(15)16/h7-8H,4-6,13H2,1-3H3,(H,14,17)(H,15,16)/t7-,8+/m1/s1. The molecule has 112 valence electrons. The Labute approximate surface area is 111 Å². The molecule has 4 N–H and O–H groups in total. The Kier molecular flexibility index (Phi) is 7.32. The number of nitrogens with one attached hydrogen (secondary N) is 1. The topological polar surface area (TPSA) is 111 Å². The number of carboxylic acid groups (broad SMARTS) is 1. The Bertz CT molecular complexity index is 306. The van der Waals surface area contributed by atoms with Crippen molar-refractivity contribution in [1.29, 1.82) is 0 Å². The summed E-state index contributed by atoms with van der Waals surface area (Å²) in [7, 11) is 0. The van der Waals surface area contributed by atoms with Crippen LogP contribution in [-0.2, 0) is 14.3 Å². The maximum atomic E-state index is 13.3. The van der Waals surface area contributed by atoms with Crippen LogP contribution < -0.4 is 11.1 Å². The van der Waals surface area contributed by atoms with Crippen molar-refractivity contribution in [2.45, 2.75) is 38.6 Å². The first-order valence-corrected chi connectivity index (χ1v) is 5.79. The van der Waals surface area contributed by atoms with Crippen LogP contribution in [0.2, 0.25) is 0 Å². The highest BCUT2D eigenvalue weighted by Crippen LogP contribution is 2.06. The average Bonchev–Trinajstić information content (AvgIpc) is 2.23. The molecule has 0 aliphatic heterocycles. The lowest BCUT2D eigenvalue weighted by Gasteiger charge is -2.20. The zero-order valence-electron chi connectivity index (χ0n) is 11.3. The third-order valence-corrected chi connectivity index (χ3v) is 1.78. The first-order chi connectivity index (χ1) is 8.61. The minimum absolute atomic E-state index is 0.281. The number of ether oxygens (including phenoxy) is 2. The second-order valence-corrected chi connectivity index (χ2v) is 4.96. The van der Waals surface area contributed by atoms with E-state index in [1.807, 2.05) is 0 Å². The molecule has 0 saturated heterocycles. The van der Waals surface area contributed by atoms with Crippen molar-refractivity contribution in [3.05, 3.63) is 0 Å². The van der Waals surface area contributed by atoms with Crippen molar-refractivity contribution in [2.24, 2.45) is 5.73 Å². The molecule has 0 aromatic heterocycles. The number of aliphatic carboxylic acids is 1. The third kappa shape index (κ3) is 10.2. The van der Waals surface area contributed by atoms with E-state index in [1.54, 1.807) is 20.8 Å². The van der Waals surface area contributed by atoms with E-state index >= 15 is 0 Å². The Balaban J connectivity index is 3.73. The molecule has 2 atom stereocenters. The molecule has 0 radical (unpaired) electrons. The molecule has 0 aliphatic carbocycles. The van der Waals surface area contributed by atoms with Gasteiger partial charge in [0.15, 0.2) is 0 Å². The van der Waals surface area contributed by atoms with Crippen molar-refractivity contribution in [2.75, 3.05) is 19.8 Å². The summed E-state index contributed by atoms with van der Waals surface area (Å²) in [6.07, 6.45) is -2.19. The maximum Gasteiger partial charge on any atom is 0.407 e. The number of carbonyl (C=O) groups is 2. The number of alkyl carbamates (subject to hydrolysis) is 1. The molecule has 0 heterocycles. The number of alkyl halides is 1. The van der Waals surface area contributed by atoms with Gasteiger partial charge in [0.2, 0.25) is 0 Å². The smallest absolute Gasteiger partial charge is 0.407 e. The molecular formula is C11H21FN2O5. The summed E-state index contributed by atoms with van der Waals surface area (Å²) in [6, 6.07) is -1.19. The van der Waals surface area contributed by atoms with Gasteiger partial charge in [-0.3, -0.25) is 4.79 Å². The van der Waals surface area contributed by atoms with E-state index in [-0.39, 0.29) is 19.8 Å². The average molecular weight is 280 g/mol. The number of carboxylic acids is 1. The van der Waals surface area contributed by atoms with E-state index in [9.17, 15) is 14.0 Å². The van der Waals surface area contributed by atoms with Gasteiger partial charge in [-0.05, 0) is 20.8 Å². The van der Waals surface area contributed by atoms with Gasteiger partial charge in [0, 0.05) is 0 Å². The number of amides is 1. The van der Waals surface area contributed by atoms with E-state index < -0.39 is 29.9 Å². The van der Waals surface area contributed by atoms with Crippen LogP contribution in [0.5, 0.6) is 0 Å². The van der Waals surface area contributed by atoms with Crippen molar-refractivity contribution >= 4 is 12.1 Å². The van der Waals surface area contributed by atoms with Crippen molar-refractivity contribution < 1.29 is 28.6 Å². The predicted molar refractivity (Wildman–Crippen MR) is 65.6 cm³/mol. The quantitative estimate of drug-likeness (QED) is 0.617. The highest BCUT2D eigenvalue weighted by molar-refractivity contribution is 5.73. The van der Waals surface area contributed by atoms with E-state index in [0.717, 1.165) is 0 Å². The summed E-state index contributed by atoms with van der Waals surface area (Å²) in [5.74, 6) is -1.22. The SMILES string of the molecule is CC(C)(C)OC(=O)NC[C@@H](F)COC[C@H](N)C(=O)O. The van der Waals surface area contributed by atoms with E-state index in [2.05, 4.69) is 5.32 Å². The number of halogens is 1. The second-order valence-electron chi connectivity index (χ2n) is 4.96. The molecule has 8 heteroatoms. The Morgan fingerprint density at radius 1 is 1.37 bits per heavy atom. The van der Waals surface area contributed by atoms with Crippen LogP contribution in [0.4, 0.5) is 9.18 Å². The van der Waals surface area contributed by atoms with Crippen molar-refractivity contribution in [3.63, 3.8) is 0 Å². The molecule has 0 rings (SSSR count). The van der Waals surface area contributed by atoms with Crippen LogP contribution in [0.1, 0.15) is 20.8 Å². The minimum Gasteiger partial charge on any atom is -0.480 e. The van der Waals surface area contributed by atoms with Gasteiger partial charge in [-0.25, -0.2) is 9.18 Å². The molecule has 0 saturated carbocycles. The molecule has 0 unspecified atom stereocenters. The van der Waals surface area contributed by atoms with Gasteiger partial charge >= 0.3 is 12.1 Å². The highest BCUT2D eigenvalue weighted by atomic mass is 19.1. The second kappa shape index (κ2) is 7.90. The molecule has 1 amide bonds. The van der Waals surface area contributed by atoms with Crippen LogP contribution >= 0.6 is 0 Å². The molecule has 0 aliphatic rings. The first kappa shape index (κ1) is 17.6. The van der Waals surface area contributed by atoms with Crippen LogP contribution in [0.15, 0.2) is 0 Å². The lowest BCUT2D eigenvalue weighted by molar-refractivity contribution is -0.140. The maximum absolute atomic E-state index is 13.3. The van der Waals surface area contributed by atoms with Gasteiger partial charge < -0.3 is 25.6 Å². The first-order valence-electron chi connectivity index (χ1n) is 5.79. The zero-order valence-corrected chi connectivity index (χ0v) is 11.3. The number of carbonyl (C=O) groups excluding carboxylic acids is 1. The van der Waals surface area contributed by atoms with Crippen LogP contribution in [0.25, 0.3) is 0 Å². The van der Waals surface area contributed by atoms with Crippen molar-refractivity contribution in [3.8, 4) is 0 Å². The number of hydrogen-bond donors (Lipinski definition) is 3. The summed E-state index contributed by atoms with van der Waals surface area (Å²) in [4.78, 5) is 21.5. The number of hydrogen-bond acceptors (Lipinski definition) is 5. The molecule has 0 bridgehead atoms. The largest absolute Gasteiger partial charge is 0.480 e. The third-order valence-electron chi connectivity index (χ3n) is 1.78. The van der Waals surface area contributed by atoms with Crippen molar-refractivity contribution in [1.82, 2.24) is 5.32 Å². The summed E-state index contributed by atoms with van der Waals surface area (Å²) >= 11 is 0. The van der Waals surface area contributed by atoms with E-state index in [0.29, 0.717) is 0 Å². The Morgan fingerprint density at radius 3 is 2.42 bits per heavy atom. The highest BCUT2D eigenvalue weighted by Gasteiger charge is 2.18. The monoisotopic (exact) mass is 280 g/mol. The lowest BCUT2D eigenvalue weighted by Crippen LogP contribution is -2.38. The van der Waals surface area contributed by atoms with Gasteiger partial charge in [-0.1, -0.05) is 0 Å². The number of rotatable bonds is 7. The summed E-state index contributed by atoms with van der Waals surface area (Å²) in [5, 5.41) is 10.7. The lowest BCUT2D eigenvalue weighted by atomic mass is 10.2. The number of nitrogens with two attached hydrogens (primary N) is 1. The van der Waals surface area contributed by atoms with Gasteiger partial charge in [0.25, 0.3) is 0 Å². The Hall–Kier alpha value is -1.41. The molecule has 0 aromatic rings. The van der Waals surface area contributed by atoms with Crippen LogP contribution in [0, 0.1) is 0 Å². The molecular weight excluding hydrogens is 259 g/mol. The summed E-state index contributed by atoms with van der Waals surface area (Å²) < 4.78 is 22.9. The molecule has 0 fully saturated rings. The molecule has 19 heavy (non-hydrogen) atoms. The van der Waals surface area contributed by atoms with Crippen LogP contribution in [0.3, 0.4) is 0 Å². The molecule has 7 nitrogen and oxygen atoms in total. The fraction of sp³-hybridized carbons (Fsp3) is 0.818. The molecule has 0 aromatic carbocycles.